The Morgan fingerprint density at radius 2 is 2.05 bits per heavy atom. The first-order chi connectivity index (χ1) is 9.11. The second kappa shape index (κ2) is 5.56. The van der Waals surface area contributed by atoms with E-state index in [2.05, 4.69) is 15.0 Å². The number of benzene rings is 1. The maximum Gasteiger partial charge on any atom is 0.337 e. The van der Waals surface area contributed by atoms with Gasteiger partial charge in [-0.2, -0.15) is 0 Å². The lowest BCUT2D eigenvalue weighted by molar-refractivity contribution is 0.0601. The number of hydrogen-bond acceptors (Lipinski definition) is 4. The minimum atomic E-state index is -0.330. The van der Waals surface area contributed by atoms with Gasteiger partial charge in [-0.1, -0.05) is 0 Å². The van der Waals surface area contributed by atoms with E-state index >= 15 is 0 Å². The number of esters is 1. The normalized spacial score (nSPS) is 11.9. The highest BCUT2D eigenvalue weighted by Crippen LogP contribution is 2.18. The Balaban J connectivity index is 2.08. The largest absolute Gasteiger partial charge is 0.465 e. The Kier molecular flexibility index (Phi) is 3.85. The van der Waals surface area contributed by atoms with E-state index in [-0.39, 0.29) is 12.0 Å². The molecule has 19 heavy (non-hydrogen) atoms. The molecule has 0 fully saturated rings. The lowest BCUT2D eigenvalue weighted by atomic mass is 10.2. The fourth-order valence-corrected chi connectivity index (χ4v) is 1.93. The summed E-state index contributed by atoms with van der Waals surface area (Å²) in [6.07, 6.45) is 3.68. The van der Waals surface area contributed by atoms with Crippen molar-refractivity contribution in [1.29, 1.82) is 0 Å². The average molecular weight is 259 g/mol. The van der Waals surface area contributed by atoms with Gasteiger partial charge in [-0.3, -0.25) is 0 Å². The van der Waals surface area contributed by atoms with E-state index < -0.39 is 0 Å². The Hall–Kier alpha value is -2.30. The van der Waals surface area contributed by atoms with Crippen LogP contribution in [-0.4, -0.2) is 22.6 Å². The molecule has 0 aliphatic rings. The quantitative estimate of drug-likeness (QED) is 0.856. The number of ether oxygens (including phenoxy) is 1. The van der Waals surface area contributed by atoms with Crippen molar-refractivity contribution in [3.8, 4) is 0 Å². The van der Waals surface area contributed by atoms with Crippen molar-refractivity contribution in [2.75, 3.05) is 12.4 Å². The van der Waals surface area contributed by atoms with Gasteiger partial charge in [-0.25, -0.2) is 9.78 Å². The number of carbonyl (C=O) groups excluding carboxylic acids is 1. The minimum absolute atomic E-state index is 0.0870. The predicted molar refractivity (Wildman–Crippen MR) is 73.0 cm³/mol. The fourth-order valence-electron chi connectivity index (χ4n) is 1.93. The number of nitrogens with one attached hydrogen (secondary N) is 1. The van der Waals surface area contributed by atoms with Gasteiger partial charge in [0.2, 0.25) is 0 Å². The maximum atomic E-state index is 11.3. The van der Waals surface area contributed by atoms with Crippen LogP contribution >= 0.6 is 0 Å². The molecule has 1 N–H and O–H groups in total. The Labute approximate surface area is 112 Å². The molecule has 0 aliphatic heterocycles. The summed E-state index contributed by atoms with van der Waals surface area (Å²) >= 11 is 0. The van der Waals surface area contributed by atoms with E-state index in [0.29, 0.717) is 5.56 Å². The molecule has 0 bridgehead atoms. The highest BCUT2D eigenvalue weighted by Gasteiger charge is 2.10. The van der Waals surface area contributed by atoms with Crippen LogP contribution in [0.1, 0.15) is 29.1 Å². The molecule has 2 rings (SSSR count). The molecule has 1 heterocycles. The summed E-state index contributed by atoms with van der Waals surface area (Å²) in [5.41, 5.74) is 1.47. The number of hydrogen-bond donors (Lipinski definition) is 1. The van der Waals surface area contributed by atoms with Crippen molar-refractivity contribution < 1.29 is 9.53 Å². The molecule has 100 valence electrons. The van der Waals surface area contributed by atoms with Gasteiger partial charge in [-0.05, 0) is 31.2 Å². The zero-order valence-corrected chi connectivity index (χ0v) is 11.3. The SMILES string of the molecule is COC(=O)c1ccc(NC(C)c2nccn2C)cc1. The summed E-state index contributed by atoms with van der Waals surface area (Å²) in [6.45, 7) is 2.04. The van der Waals surface area contributed by atoms with E-state index in [9.17, 15) is 4.79 Å². The first-order valence-corrected chi connectivity index (χ1v) is 6.04. The number of aromatic nitrogens is 2. The van der Waals surface area contributed by atoms with E-state index in [4.69, 9.17) is 0 Å². The molecule has 0 saturated carbocycles. The van der Waals surface area contributed by atoms with Crippen molar-refractivity contribution in [3.63, 3.8) is 0 Å². The molecule has 1 aromatic carbocycles. The number of imidazole rings is 1. The first-order valence-electron chi connectivity index (χ1n) is 6.04. The van der Waals surface area contributed by atoms with Gasteiger partial charge >= 0.3 is 5.97 Å². The molecule has 2 aromatic rings. The molecule has 1 atom stereocenters. The number of anilines is 1. The summed E-state index contributed by atoms with van der Waals surface area (Å²) in [7, 11) is 3.33. The molecule has 0 radical (unpaired) electrons. The van der Waals surface area contributed by atoms with E-state index in [1.807, 2.05) is 36.9 Å². The average Bonchev–Trinajstić information content (AvgIpc) is 2.85. The van der Waals surface area contributed by atoms with E-state index in [1.165, 1.54) is 7.11 Å². The summed E-state index contributed by atoms with van der Waals surface area (Å²) in [5.74, 6) is 0.626. The first kappa shape index (κ1) is 13.1. The second-order valence-corrected chi connectivity index (χ2v) is 4.33. The number of nitrogens with zero attached hydrogens (tertiary/aromatic N) is 2. The van der Waals surface area contributed by atoms with Gasteiger partial charge in [0.1, 0.15) is 5.82 Å². The lowest BCUT2D eigenvalue weighted by Gasteiger charge is -2.15. The summed E-state index contributed by atoms with van der Waals surface area (Å²) in [4.78, 5) is 15.6. The Morgan fingerprint density at radius 1 is 1.37 bits per heavy atom. The molecule has 0 saturated heterocycles. The van der Waals surface area contributed by atoms with Gasteiger partial charge in [0.05, 0.1) is 18.7 Å². The minimum Gasteiger partial charge on any atom is -0.465 e. The Morgan fingerprint density at radius 3 is 2.58 bits per heavy atom. The van der Waals surface area contributed by atoms with E-state index in [1.54, 1.807) is 18.3 Å². The van der Waals surface area contributed by atoms with Crippen molar-refractivity contribution in [2.24, 2.45) is 7.05 Å². The molecule has 0 spiro atoms. The predicted octanol–water partition coefficient (Wildman–Crippen LogP) is 2.38. The summed E-state index contributed by atoms with van der Waals surface area (Å²) in [6, 6.07) is 7.26. The molecule has 5 nitrogen and oxygen atoms in total. The second-order valence-electron chi connectivity index (χ2n) is 4.33. The molecule has 5 heteroatoms. The highest BCUT2D eigenvalue weighted by atomic mass is 16.5. The number of rotatable bonds is 4. The zero-order chi connectivity index (χ0) is 13.8. The van der Waals surface area contributed by atoms with Gasteiger partial charge in [0.25, 0.3) is 0 Å². The van der Waals surface area contributed by atoms with Crippen molar-refractivity contribution >= 4 is 11.7 Å². The van der Waals surface area contributed by atoms with Gasteiger partial charge in [-0.15, -0.1) is 0 Å². The van der Waals surface area contributed by atoms with Crippen LogP contribution in [-0.2, 0) is 11.8 Å². The van der Waals surface area contributed by atoms with E-state index in [0.717, 1.165) is 11.5 Å². The monoisotopic (exact) mass is 259 g/mol. The van der Waals surface area contributed by atoms with Crippen LogP contribution in [0.4, 0.5) is 5.69 Å². The molecule has 1 aromatic heterocycles. The maximum absolute atomic E-state index is 11.3. The van der Waals surface area contributed by atoms with Crippen LogP contribution in [0.3, 0.4) is 0 Å². The fraction of sp³-hybridized carbons (Fsp3) is 0.286. The third kappa shape index (κ3) is 2.93. The smallest absolute Gasteiger partial charge is 0.337 e. The topological polar surface area (TPSA) is 56.1 Å². The lowest BCUT2D eigenvalue weighted by Crippen LogP contribution is -2.12. The van der Waals surface area contributed by atoms with Crippen LogP contribution in [0.15, 0.2) is 36.7 Å². The molecular formula is C14H17N3O2. The van der Waals surface area contributed by atoms with Crippen LogP contribution in [0.2, 0.25) is 0 Å². The standard InChI is InChI=1S/C14H17N3O2/c1-10(13-15-8-9-17(13)2)16-12-6-4-11(5-7-12)14(18)19-3/h4-10,16H,1-3H3. The summed E-state index contributed by atoms with van der Waals surface area (Å²) < 4.78 is 6.63. The number of methoxy groups -OCH3 is 1. The van der Waals surface area contributed by atoms with Crippen LogP contribution in [0.25, 0.3) is 0 Å². The van der Waals surface area contributed by atoms with Crippen LogP contribution in [0, 0.1) is 0 Å². The number of carbonyl (C=O) groups is 1. The number of aryl methyl sites for hydroxylation is 1. The van der Waals surface area contributed by atoms with Gasteiger partial charge < -0.3 is 14.6 Å². The van der Waals surface area contributed by atoms with Gasteiger partial charge in [0.15, 0.2) is 0 Å². The molecule has 1 unspecified atom stereocenters. The zero-order valence-electron chi connectivity index (χ0n) is 11.3. The Bertz CT molecular complexity index is 560. The summed E-state index contributed by atoms with van der Waals surface area (Å²) in [5, 5.41) is 3.33. The highest BCUT2D eigenvalue weighted by molar-refractivity contribution is 5.89. The van der Waals surface area contributed by atoms with Crippen molar-refractivity contribution in [2.45, 2.75) is 13.0 Å². The molecular weight excluding hydrogens is 242 g/mol. The molecule has 0 amide bonds. The third-order valence-corrected chi connectivity index (χ3v) is 2.93. The van der Waals surface area contributed by atoms with Gasteiger partial charge in [0, 0.05) is 25.1 Å². The van der Waals surface area contributed by atoms with Crippen molar-refractivity contribution in [3.05, 3.63) is 48.0 Å². The van der Waals surface area contributed by atoms with Crippen LogP contribution in [0.5, 0.6) is 0 Å². The van der Waals surface area contributed by atoms with Crippen molar-refractivity contribution in [1.82, 2.24) is 9.55 Å². The third-order valence-electron chi connectivity index (χ3n) is 2.93. The molecule has 0 aliphatic carbocycles. The van der Waals surface area contributed by atoms with Crippen LogP contribution < -0.4 is 5.32 Å².